The Morgan fingerprint density at radius 2 is 1.81 bits per heavy atom. The van der Waals surface area contributed by atoms with Gasteiger partial charge in [0, 0.05) is 5.92 Å². The van der Waals surface area contributed by atoms with Gasteiger partial charge in [0.1, 0.15) is 12.6 Å². The molecule has 1 amide bonds. The summed E-state index contributed by atoms with van der Waals surface area (Å²) in [5, 5.41) is 11.5. The molecular formula is C25H37NO5. The van der Waals surface area contributed by atoms with Gasteiger partial charge in [0.05, 0.1) is 18.8 Å². The zero-order chi connectivity index (χ0) is 23.6. The van der Waals surface area contributed by atoms with E-state index in [0.29, 0.717) is 0 Å². The van der Waals surface area contributed by atoms with Gasteiger partial charge in [0.2, 0.25) is 0 Å². The summed E-state index contributed by atoms with van der Waals surface area (Å²) in [5.41, 5.74) is 1.25. The average molecular weight is 432 g/mol. The molecular weight excluding hydrogens is 394 g/mol. The number of likely N-dealkylation sites (tertiary alicyclic amines) is 1. The second-order valence-corrected chi connectivity index (χ2v) is 10.2. The summed E-state index contributed by atoms with van der Waals surface area (Å²) in [4.78, 5) is 27.5. The van der Waals surface area contributed by atoms with Crippen molar-refractivity contribution < 1.29 is 24.2 Å². The lowest BCUT2D eigenvalue weighted by atomic mass is 9.73. The van der Waals surface area contributed by atoms with Crippen molar-refractivity contribution in [1.82, 2.24) is 4.90 Å². The fraction of sp³-hybridized carbons (Fsp3) is 0.600. The van der Waals surface area contributed by atoms with E-state index in [1.54, 1.807) is 6.92 Å². The van der Waals surface area contributed by atoms with Crippen molar-refractivity contribution in [3.8, 4) is 0 Å². The summed E-state index contributed by atoms with van der Waals surface area (Å²) in [6.45, 7) is 17.7. The molecule has 1 aromatic rings. The SMILES string of the molecule is C=CCOC(=O)N1[C@H](C(=O)OCC)[C@@H](C(C)(C)C)[C@@H](O)[C@@H]1c1cccc(C(C)(C)C)c1. The predicted octanol–water partition coefficient (Wildman–Crippen LogP) is 4.62. The standard InChI is InChI=1S/C25H37NO5/c1-9-14-31-23(29)26-19(16-12-11-13-17(15-16)24(3,4)5)21(27)18(25(6,7)8)20(26)22(28)30-10-2/h9,11-13,15,18-21,27H,1,10,14H2,2-8H3/t18-,19+,20+,21-/m1/s1. The summed E-state index contributed by atoms with van der Waals surface area (Å²) in [6, 6.07) is 6.11. The number of amides is 1. The molecule has 1 fully saturated rings. The molecule has 31 heavy (non-hydrogen) atoms. The van der Waals surface area contributed by atoms with Crippen LogP contribution in [-0.4, -0.2) is 47.4 Å². The van der Waals surface area contributed by atoms with Gasteiger partial charge in [-0.2, -0.15) is 0 Å². The Morgan fingerprint density at radius 1 is 1.16 bits per heavy atom. The van der Waals surface area contributed by atoms with Crippen LogP contribution < -0.4 is 0 Å². The molecule has 0 unspecified atom stereocenters. The number of benzene rings is 1. The van der Waals surface area contributed by atoms with E-state index in [0.717, 1.165) is 11.1 Å². The van der Waals surface area contributed by atoms with Crippen molar-refractivity contribution >= 4 is 12.1 Å². The highest BCUT2D eigenvalue weighted by Gasteiger charge is 2.58. The maximum absolute atomic E-state index is 13.1. The van der Waals surface area contributed by atoms with Crippen molar-refractivity contribution in [2.24, 2.45) is 11.3 Å². The third-order valence-electron chi connectivity index (χ3n) is 5.79. The van der Waals surface area contributed by atoms with Crippen molar-refractivity contribution in [3.05, 3.63) is 48.0 Å². The molecule has 0 bridgehead atoms. The topological polar surface area (TPSA) is 76.1 Å². The van der Waals surface area contributed by atoms with Crippen molar-refractivity contribution in [1.29, 1.82) is 0 Å². The third-order valence-corrected chi connectivity index (χ3v) is 5.79. The van der Waals surface area contributed by atoms with E-state index >= 15 is 0 Å². The van der Waals surface area contributed by atoms with Crippen LogP contribution in [0.3, 0.4) is 0 Å². The minimum Gasteiger partial charge on any atom is -0.464 e. The second-order valence-electron chi connectivity index (χ2n) is 10.2. The maximum Gasteiger partial charge on any atom is 0.411 e. The van der Waals surface area contributed by atoms with Crippen LogP contribution in [0.15, 0.2) is 36.9 Å². The van der Waals surface area contributed by atoms with Gasteiger partial charge < -0.3 is 14.6 Å². The zero-order valence-corrected chi connectivity index (χ0v) is 19.8. The van der Waals surface area contributed by atoms with Gasteiger partial charge in [-0.1, -0.05) is 78.5 Å². The maximum atomic E-state index is 13.1. The van der Waals surface area contributed by atoms with Crippen LogP contribution in [0, 0.1) is 11.3 Å². The van der Waals surface area contributed by atoms with E-state index < -0.39 is 41.6 Å². The highest BCUT2D eigenvalue weighted by molar-refractivity contribution is 5.83. The van der Waals surface area contributed by atoms with E-state index in [-0.39, 0.29) is 18.6 Å². The molecule has 0 spiro atoms. The number of hydrogen-bond donors (Lipinski definition) is 1. The van der Waals surface area contributed by atoms with Crippen LogP contribution in [0.4, 0.5) is 4.79 Å². The number of carbonyl (C=O) groups is 2. The Bertz CT molecular complexity index is 805. The number of ether oxygens (including phenoxy) is 2. The molecule has 0 radical (unpaired) electrons. The Morgan fingerprint density at radius 3 is 2.32 bits per heavy atom. The summed E-state index contributed by atoms with van der Waals surface area (Å²) >= 11 is 0. The van der Waals surface area contributed by atoms with Gasteiger partial charge in [-0.05, 0) is 28.9 Å². The minimum absolute atomic E-state index is 0.00983. The molecule has 4 atom stereocenters. The average Bonchev–Trinajstić information content (AvgIpc) is 2.99. The largest absolute Gasteiger partial charge is 0.464 e. The first kappa shape index (κ1) is 24.9. The molecule has 1 N–H and O–H groups in total. The molecule has 1 aliphatic heterocycles. The summed E-state index contributed by atoms with van der Waals surface area (Å²) in [6.07, 6.45) is -0.170. The highest BCUT2D eigenvalue weighted by Crippen LogP contribution is 2.48. The Hall–Kier alpha value is -2.34. The van der Waals surface area contributed by atoms with Crippen LogP contribution in [0.2, 0.25) is 0 Å². The van der Waals surface area contributed by atoms with E-state index in [4.69, 9.17) is 9.47 Å². The molecule has 6 nitrogen and oxygen atoms in total. The second kappa shape index (κ2) is 9.43. The minimum atomic E-state index is -0.971. The summed E-state index contributed by atoms with van der Waals surface area (Å²) < 4.78 is 10.7. The number of rotatable bonds is 5. The lowest BCUT2D eigenvalue weighted by molar-refractivity contribution is -0.151. The zero-order valence-electron chi connectivity index (χ0n) is 19.8. The molecule has 1 aliphatic rings. The summed E-state index contributed by atoms with van der Waals surface area (Å²) in [5.74, 6) is -1.07. The molecule has 2 rings (SSSR count). The highest BCUT2D eigenvalue weighted by atomic mass is 16.6. The van der Waals surface area contributed by atoms with Crippen molar-refractivity contribution in [2.45, 2.75) is 72.1 Å². The van der Waals surface area contributed by atoms with Gasteiger partial charge in [0.25, 0.3) is 0 Å². The van der Waals surface area contributed by atoms with Gasteiger partial charge >= 0.3 is 12.1 Å². The van der Waals surface area contributed by atoms with Gasteiger partial charge in [-0.15, -0.1) is 0 Å². The van der Waals surface area contributed by atoms with Crippen molar-refractivity contribution in [2.75, 3.05) is 13.2 Å². The Kier molecular flexibility index (Phi) is 7.58. The number of aliphatic hydroxyl groups excluding tert-OH is 1. The first-order chi connectivity index (χ1) is 14.3. The first-order valence-corrected chi connectivity index (χ1v) is 10.9. The van der Waals surface area contributed by atoms with Crippen LogP contribution in [0.5, 0.6) is 0 Å². The lowest BCUT2D eigenvalue weighted by Crippen LogP contribution is -2.48. The molecule has 0 aliphatic carbocycles. The van der Waals surface area contributed by atoms with Crippen LogP contribution in [0.25, 0.3) is 0 Å². The fourth-order valence-corrected chi connectivity index (χ4v) is 4.35. The van der Waals surface area contributed by atoms with Crippen LogP contribution in [0.1, 0.15) is 65.6 Å². The number of carbonyl (C=O) groups excluding carboxylic acids is 2. The van der Waals surface area contributed by atoms with Gasteiger partial charge in [-0.25, -0.2) is 9.59 Å². The molecule has 0 aromatic heterocycles. The van der Waals surface area contributed by atoms with E-state index in [1.807, 2.05) is 45.0 Å². The van der Waals surface area contributed by atoms with E-state index in [1.165, 1.54) is 11.0 Å². The number of esters is 1. The van der Waals surface area contributed by atoms with E-state index in [2.05, 4.69) is 27.4 Å². The Balaban J connectivity index is 2.66. The molecule has 1 aromatic carbocycles. The molecule has 0 saturated carbocycles. The van der Waals surface area contributed by atoms with Crippen LogP contribution >= 0.6 is 0 Å². The summed E-state index contributed by atoms with van der Waals surface area (Å²) in [7, 11) is 0. The lowest BCUT2D eigenvalue weighted by Gasteiger charge is -2.34. The monoisotopic (exact) mass is 431 g/mol. The normalized spacial score (nSPS) is 24.1. The smallest absolute Gasteiger partial charge is 0.411 e. The number of nitrogens with zero attached hydrogens (tertiary/aromatic N) is 1. The third kappa shape index (κ3) is 5.29. The fourth-order valence-electron chi connectivity index (χ4n) is 4.35. The number of hydrogen-bond acceptors (Lipinski definition) is 5. The number of aliphatic hydroxyl groups is 1. The quantitative estimate of drug-likeness (QED) is 0.544. The van der Waals surface area contributed by atoms with Crippen LogP contribution in [-0.2, 0) is 19.7 Å². The molecule has 1 saturated heterocycles. The van der Waals surface area contributed by atoms with Gasteiger partial charge in [0.15, 0.2) is 0 Å². The predicted molar refractivity (Wildman–Crippen MR) is 121 cm³/mol. The van der Waals surface area contributed by atoms with E-state index in [9.17, 15) is 14.7 Å². The Labute approximate surface area is 186 Å². The molecule has 6 heteroatoms. The molecule has 1 heterocycles. The first-order valence-electron chi connectivity index (χ1n) is 10.9. The molecule has 172 valence electrons. The van der Waals surface area contributed by atoms with Crippen molar-refractivity contribution in [3.63, 3.8) is 0 Å². The van der Waals surface area contributed by atoms with Gasteiger partial charge in [-0.3, -0.25) is 4.90 Å².